The molecule has 11 heteroatoms. The number of carbonyl (C=O) groups excluding carboxylic acids is 2. The zero-order chi connectivity index (χ0) is 22.0. The summed E-state index contributed by atoms with van der Waals surface area (Å²) in [5, 5.41) is 19.7. The number of fused-ring (bicyclic) bond motifs is 4. The Balaban J connectivity index is 1.64. The molecule has 1 aliphatic heterocycles. The van der Waals surface area contributed by atoms with E-state index in [0.717, 1.165) is 16.5 Å². The third-order valence-corrected chi connectivity index (χ3v) is 5.41. The van der Waals surface area contributed by atoms with Crippen molar-refractivity contribution in [3.8, 4) is 0 Å². The van der Waals surface area contributed by atoms with Gasteiger partial charge in [-0.15, -0.1) is 10.2 Å². The van der Waals surface area contributed by atoms with E-state index in [4.69, 9.17) is 0 Å². The Morgan fingerprint density at radius 1 is 1.00 bits per heavy atom. The fourth-order valence-electron chi connectivity index (χ4n) is 3.84. The number of nitro benzene ring substituents is 1. The third-order valence-electron chi connectivity index (χ3n) is 5.41. The van der Waals surface area contributed by atoms with Crippen molar-refractivity contribution in [1.29, 1.82) is 0 Å². The third kappa shape index (κ3) is 2.56. The molecule has 5 rings (SSSR count). The minimum absolute atomic E-state index is 0.0269. The molecule has 0 saturated heterocycles. The van der Waals surface area contributed by atoms with E-state index < -0.39 is 16.7 Å². The van der Waals surface area contributed by atoms with Crippen molar-refractivity contribution in [3.63, 3.8) is 0 Å². The van der Waals surface area contributed by atoms with E-state index in [0.29, 0.717) is 10.9 Å². The molecule has 4 aromatic rings. The molecule has 2 amide bonds. The van der Waals surface area contributed by atoms with Crippen LogP contribution in [-0.2, 0) is 13.6 Å². The van der Waals surface area contributed by atoms with E-state index in [2.05, 4.69) is 10.2 Å². The molecule has 0 saturated carbocycles. The zero-order valence-electron chi connectivity index (χ0n) is 16.4. The normalized spacial score (nSPS) is 13.4. The molecule has 0 radical (unpaired) electrons. The molecule has 31 heavy (non-hydrogen) atoms. The van der Waals surface area contributed by atoms with Crippen molar-refractivity contribution in [2.75, 3.05) is 0 Å². The molecule has 0 N–H and O–H groups in total. The number of amides is 2. The number of aryl methyl sites for hydroxylation is 2. The number of rotatable bonds is 3. The average molecular weight is 418 g/mol. The van der Waals surface area contributed by atoms with Crippen LogP contribution < -0.4 is 5.56 Å². The number of aromatic nitrogens is 4. The monoisotopic (exact) mass is 418 g/mol. The first-order chi connectivity index (χ1) is 14.8. The average Bonchev–Trinajstić information content (AvgIpc) is 3.27. The van der Waals surface area contributed by atoms with Crippen LogP contribution in [0, 0.1) is 17.0 Å². The first kappa shape index (κ1) is 18.6. The van der Waals surface area contributed by atoms with Gasteiger partial charge in [-0.25, -0.2) is 0 Å². The lowest BCUT2D eigenvalue weighted by molar-refractivity contribution is -0.384. The molecular weight excluding hydrogens is 404 g/mol. The number of non-ortho nitro benzene ring substituents is 1. The van der Waals surface area contributed by atoms with Crippen LogP contribution in [0.2, 0.25) is 0 Å². The van der Waals surface area contributed by atoms with E-state index in [1.54, 1.807) is 23.6 Å². The summed E-state index contributed by atoms with van der Waals surface area (Å²) in [5.41, 5.74) is 1.01. The SMILES string of the molecule is Cc1ccc2c(c1)c(=O)n(C)c1nnc(CN3C(=O)c4ccc([N+](=O)[O-])cc4C3=O)n21. The number of hydrogen-bond donors (Lipinski definition) is 0. The van der Waals surface area contributed by atoms with Gasteiger partial charge in [-0.2, -0.15) is 0 Å². The van der Waals surface area contributed by atoms with E-state index in [-0.39, 0.29) is 40.5 Å². The Morgan fingerprint density at radius 3 is 2.48 bits per heavy atom. The second-order valence-corrected chi connectivity index (χ2v) is 7.32. The van der Waals surface area contributed by atoms with Gasteiger partial charge in [-0.1, -0.05) is 11.6 Å². The summed E-state index contributed by atoms with van der Waals surface area (Å²) in [6.45, 7) is 1.66. The largest absolute Gasteiger partial charge is 0.279 e. The summed E-state index contributed by atoms with van der Waals surface area (Å²) in [4.78, 5) is 49.7. The maximum Gasteiger partial charge on any atom is 0.270 e. The second-order valence-electron chi connectivity index (χ2n) is 7.32. The molecule has 1 aliphatic rings. The molecule has 0 spiro atoms. The molecule has 154 valence electrons. The van der Waals surface area contributed by atoms with Gasteiger partial charge < -0.3 is 0 Å². The second kappa shape index (κ2) is 6.29. The van der Waals surface area contributed by atoms with Gasteiger partial charge in [-0.3, -0.25) is 38.4 Å². The van der Waals surface area contributed by atoms with Crippen LogP contribution in [0.15, 0.2) is 41.2 Å². The van der Waals surface area contributed by atoms with Gasteiger partial charge >= 0.3 is 0 Å². The van der Waals surface area contributed by atoms with Crippen molar-refractivity contribution in [3.05, 3.63) is 79.4 Å². The number of imide groups is 1. The van der Waals surface area contributed by atoms with Gasteiger partial charge in [0.25, 0.3) is 23.1 Å². The van der Waals surface area contributed by atoms with Crippen LogP contribution in [0.1, 0.15) is 32.1 Å². The summed E-state index contributed by atoms with van der Waals surface area (Å²) in [6, 6.07) is 8.91. The number of nitrogens with zero attached hydrogens (tertiary/aromatic N) is 6. The smallest absolute Gasteiger partial charge is 0.270 e. The minimum atomic E-state index is -0.648. The van der Waals surface area contributed by atoms with Gasteiger partial charge in [0.15, 0.2) is 5.82 Å². The van der Waals surface area contributed by atoms with Gasteiger partial charge in [-0.05, 0) is 25.1 Å². The van der Waals surface area contributed by atoms with Crippen molar-refractivity contribution in [2.24, 2.45) is 7.05 Å². The van der Waals surface area contributed by atoms with Crippen molar-refractivity contribution >= 4 is 34.2 Å². The van der Waals surface area contributed by atoms with E-state index in [9.17, 15) is 24.5 Å². The summed E-state index contributed by atoms with van der Waals surface area (Å²) < 4.78 is 2.98. The van der Waals surface area contributed by atoms with Gasteiger partial charge in [0.2, 0.25) is 5.78 Å². The summed E-state index contributed by atoms with van der Waals surface area (Å²) in [7, 11) is 1.57. The highest BCUT2D eigenvalue weighted by molar-refractivity contribution is 6.21. The number of carbonyl (C=O) groups is 2. The van der Waals surface area contributed by atoms with E-state index >= 15 is 0 Å². The summed E-state index contributed by atoms with van der Waals surface area (Å²) in [5.74, 6) is -0.672. The first-order valence-electron chi connectivity index (χ1n) is 9.26. The Bertz CT molecular complexity index is 1530. The lowest BCUT2D eigenvalue weighted by atomic mass is 10.1. The van der Waals surface area contributed by atoms with Gasteiger partial charge in [0.05, 0.1) is 33.5 Å². The highest BCUT2D eigenvalue weighted by Gasteiger charge is 2.37. The quantitative estimate of drug-likeness (QED) is 0.280. The van der Waals surface area contributed by atoms with Crippen LogP contribution in [0.5, 0.6) is 0 Å². The lowest BCUT2D eigenvalue weighted by Crippen LogP contribution is -2.30. The molecule has 0 aliphatic carbocycles. The Labute approximate surface area is 173 Å². The van der Waals surface area contributed by atoms with E-state index in [1.807, 2.05) is 13.0 Å². The molecular formula is C20H14N6O5. The maximum atomic E-state index is 12.8. The van der Waals surface area contributed by atoms with Crippen LogP contribution in [-0.4, -0.2) is 40.8 Å². The highest BCUT2D eigenvalue weighted by Crippen LogP contribution is 2.28. The predicted octanol–water partition coefficient (Wildman–Crippen LogP) is 1.59. The zero-order valence-corrected chi connectivity index (χ0v) is 16.4. The van der Waals surface area contributed by atoms with E-state index in [1.165, 1.54) is 16.7 Å². The van der Waals surface area contributed by atoms with Crippen molar-refractivity contribution < 1.29 is 14.5 Å². The van der Waals surface area contributed by atoms with Crippen LogP contribution >= 0.6 is 0 Å². The molecule has 2 aromatic heterocycles. The highest BCUT2D eigenvalue weighted by atomic mass is 16.6. The Kier molecular flexibility index (Phi) is 3.78. The number of benzene rings is 2. The number of nitro groups is 1. The predicted molar refractivity (Wildman–Crippen MR) is 108 cm³/mol. The topological polar surface area (TPSA) is 133 Å². The van der Waals surface area contributed by atoms with Crippen LogP contribution in [0.4, 0.5) is 5.69 Å². The molecule has 0 unspecified atom stereocenters. The Morgan fingerprint density at radius 2 is 1.74 bits per heavy atom. The van der Waals surface area contributed by atoms with Crippen LogP contribution in [0.25, 0.3) is 16.7 Å². The van der Waals surface area contributed by atoms with Crippen LogP contribution in [0.3, 0.4) is 0 Å². The van der Waals surface area contributed by atoms with Gasteiger partial charge in [0.1, 0.15) is 0 Å². The Hall–Kier alpha value is -4.41. The molecule has 0 atom stereocenters. The maximum absolute atomic E-state index is 12.8. The lowest BCUT2D eigenvalue weighted by Gasteiger charge is -2.14. The standard InChI is InChI=1S/C20H14N6O5/c1-10-3-6-15-14(7-10)17(27)23(2)20-22-21-16(25(15)20)9-24-18(28)12-5-4-11(26(30)31)8-13(12)19(24)29/h3-8H,9H2,1-2H3. The summed E-state index contributed by atoms with van der Waals surface area (Å²) in [6.07, 6.45) is 0. The minimum Gasteiger partial charge on any atom is -0.279 e. The molecule has 3 heterocycles. The molecule has 0 fully saturated rings. The fourth-order valence-corrected chi connectivity index (χ4v) is 3.84. The molecule has 2 aromatic carbocycles. The molecule has 0 bridgehead atoms. The number of hydrogen-bond acceptors (Lipinski definition) is 7. The fraction of sp³-hybridized carbons (Fsp3) is 0.150. The summed E-state index contributed by atoms with van der Waals surface area (Å²) >= 11 is 0. The van der Waals surface area contributed by atoms with Crippen molar-refractivity contribution in [1.82, 2.24) is 24.1 Å². The van der Waals surface area contributed by atoms with Gasteiger partial charge in [0, 0.05) is 19.2 Å². The van der Waals surface area contributed by atoms with Crippen molar-refractivity contribution in [2.45, 2.75) is 13.5 Å². The first-order valence-corrected chi connectivity index (χ1v) is 9.26. The molecule has 11 nitrogen and oxygen atoms in total.